The Bertz CT molecular complexity index is 305. The van der Waals surface area contributed by atoms with Crippen molar-refractivity contribution in [2.75, 3.05) is 0 Å². The summed E-state index contributed by atoms with van der Waals surface area (Å²) in [6, 6.07) is 6.03. The average molecular weight is 227 g/mol. The van der Waals surface area contributed by atoms with Crippen molar-refractivity contribution in [1.82, 2.24) is 0 Å². The zero-order chi connectivity index (χ0) is 9.14. The summed E-state index contributed by atoms with van der Waals surface area (Å²) in [5, 5.41) is 0. The van der Waals surface area contributed by atoms with Crippen LogP contribution < -0.4 is 0 Å². The van der Waals surface area contributed by atoms with E-state index in [-0.39, 0.29) is 5.78 Å². The zero-order valence-corrected chi connectivity index (χ0v) is 8.81. The van der Waals surface area contributed by atoms with Crippen molar-refractivity contribution < 1.29 is 4.79 Å². The lowest BCUT2D eigenvalue weighted by molar-refractivity contribution is -0.116. The number of hydrogen-bond donors (Lipinski definition) is 0. The molecule has 1 aromatic carbocycles. The molecule has 2 heteroatoms. The third-order valence-corrected chi connectivity index (χ3v) is 2.41. The van der Waals surface area contributed by atoms with Gasteiger partial charge < -0.3 is 0 Å². The summed E-state index contributed by atoms with van der Waals surface area (Å²) < 4.78 is 1.02. The van der Waals surface area contributed by atoms with Crippen LogP contribution in [0.25, 0.3) is 0 Å². The molecular weight excluding hydrogens is 216 g/mol. The third-order valence-electron chi connectivity index (χ3n) is 1.64. The van der Waals surface area contributed by atoms with E-state index in [0.29, 0.717) is 6.42 Å². The van der Waals surface area contributed by atoms with E-state index in [1.165, 1.54) is 5.56 Å². The van der Waals surface area contributed by atoms with Crippen LogP contribution in [0.1, 0.15) is 18.1 Å². The summed E-state index contributed by atoms with van der Waals surface area (Å²) in [5.74, 6) is 0.196. The standard InChI is InChI=1S/C10H11BrO/c1-7-3-4-10(11)9(5-7)6-8(2)12/h3-5H,6H2,1-2H3. The van der Waals surface area contributed by atoms with E-state index in [9.17, 15) is 4.79 Å². The fraction of sp³-hybridized carbons (Fsp3) is 0.300. The Labute approximate surface area is 80.9 Å². The maximum absolute atomic E-state index is 10.9. The molecule has 0 aliphatic rings. The van der Waals surface area contributed by atoms with Gasteiger partial charge in [-0.15, -0.1) is 0 Å². The second kappa shape index (κ2) is 3.85. The SMILES string of the molecule is CC(=O)Cc1cc(C)ccc1Br. The number of carbonyl (C=O) groups excluding carboxylic acids is 1. The lowest BCUT2D eigenvalue weighted by Gasteiger charge is -2.02. The molecule has 0 N–H and O–H groups in total. The predicted octanol–water partition coefficient (Wildman–Crippen LogP) is 2.89. The lowest BCUT2D eigenvalue weighted by atomic mass is 10.1. The highest BCUT2D eigenvalue weighted by atomic mass is 79.9. The number of Topliss-reactive ketones (excluding diaryl/α,β-unsaturated/α-hetero) is 1. The first-order chi connectivity index (χ1) is 5.59. The predicted molar refractivity (Wildman–Crippen MR) is 53.3 cm³/mol. The van der Waals surface area contributed by atoms with Crippen LogP contribution in [-0.4, -0.2) is 5.78 Å². The minimum Gasteiger partial charge on any atom is -0.300 e. The highest BCUT2D eigenvalue weighted by molar-refractivity contribution is 9.10. The number of carbonyl (C=O) groups is 1. The Morgan fingerprint density at radius 2 is 2.17 bits per heavy atom. The van der Waals surface area contributed by atoms with Gasteiger partial charge in [-0.3, -0.25) is 4.79 Å². The molecule has 0 spiro atoms. The largest absolute Gasteiger partial charge is 0.300 e. The summed E-state index contributed by atoms with van der Waals surface area (Å²) in [5.41, 5.74) is 2.26. The molecule has 1 rings (SSSR count). The number of rotatable bonds is 2. The normalized spacial score (nSPS) is 9.92. The molecule has 0 aliphatic carbocycles. The molecule has 0 heterocycles. The second-order valence-electron chi connectivity index (χ2n) is 2.97. The van der Waals surface area contributed by atoms with Crippen molar-refractivity contribution in [3.63, 3.8) is 0 Å². The van der Waals surface area contributed by atoms with Crippen LogP contribution in [0, 0.1) is 6.92 Å². The molecule has 0 saturated carbocycles. The van der Waals surface area contributed by atoms with Gasteiger partial charge >= 0.3 is 0 Å². The first-order valence-corrected chi connectivity index (χ1v) is 4.63. The first-order valence-electron chi connectivity index (χ1n) is 3.84. The van der Waals surface area contributed by atoms with Crippen molar-refractivity contribution in [3.05, 3.63) is 33.8 Å². The maximum Gasteiger partial charge on any atom is 0.134 e. The van der Waals surface area contributed by atoms with E-state index in [1.807, 2.05) is 25.1 Å². The molecule has 0 fully saturated rings. The summed E-state index contributed by atoms with van der Waals surface area (Å²) in [6.45, 7) is 3.63. The summed E-state index contributed by atoms with van der Waals surface area (Å²) >= 11 is 3.41. The van der Waals surface area contributed by atoms with Gasteiger partial charge in [0.05, 0.1) is 0 Å². The van der Waals surface area contributed by atoms with E-state index < -0.39 is 0 Å². The molecule has 1 nitrogen and oxygen atoms in total. The Hall–Kier alpha value is -0.630. The van der Waals surface area contributed by atoms with Gasteiger partial charge in [0.2, 0.25) is 0 Å². The van der Waals surface area contributed by atoms with Crippen LogP contribution in [0.15, 0.2) is 22.7 Å². The Morgan fingerprint density at radius 1 is 1.50 bits per heavy atom. The molecule has 1 aromatic rings. The Balaban J connectivity index is 2.97. The number of ketones is 1. The van der Waals surface area contributed by atoms with Crippen LogP contribution in [0.4, 0.5) is 0 Å². The lowest BCUT2D eigenvalue weighted by Crippen LogP contribution is -1.97. The highest BCUT2D eigenvalue weighted by Crippen LogP contribution is 2.18. The molecule has 64 valence electrons. The van der Waals surface area contributed by atoms with Gasteiger partial charge in [0.1, 0.15) is 5.78 Å². The molecule has 0 bridgehead atoms. The van der Waals surface area contributed by atoms with Crippen LogP contribution in [0.2, 0.25) is 0 Å². The van der Waals surface area contributed by atoms with Crippen LogP contribution in [-0.2, 0) is 11.2 Å². The number of aryl methyl sites for hydroxylation is 1. The first kappa shape index (κ1) is 9.46. The molecule has 0 amide bonds. The van der Waals surface area contributed by atoms with E-state index in [0.717, 1.165) is 10.0 Å². The molecule has 0 unspecified atom stereocenters. The second-order valence-corrected chi connectivity index (χ2v) is 3.83. The molecular formula is C10H11BrO. The topological polar surface area (TPSA) is 17.1 Å². The minimum atomic E-state index is 0.196. The smallest absolute Gasteiger partial charge is 0.134 e. The third kappa shape index (κ3) is 2.45. The maximum atomic E-state index is 10.9. The fourth-order valence-electron chi connectivity index (χ4n) is 1.11. The molecule has 0 aliphatic heterocycles. The Morgan fingerprint density at radius 3 is 2.75 bits per heavy atom. The van der Waals surface area contributed by atoms with Gasteiger partial charge in [-0.25, -0.2) is 0 Å². The fourth-order valence-corrected chi connectivity index (χ4v) is 1.49. The van der Waals surface area contributed by atoms with E-state index in [1.54, 1.807) is 6.92 Å². The van der Waals surface area contributed by atoms with Gasteiger partial charge in [0.25, 0.3) is 0 Å². The van der Waals surface area contributed by atoms with Crippen molar-refractivity contribution in [2.24, 2.45) is 0 Å². The number of halogens is 1. The quantitative estimate of drug-likeness (QED) is 0.759. The molecule has 0 aromatic heterocycles. The van der Waals surface area contributed by atoms with Gasteiger partial charge in [-0.05, 0) is 25.5 Å². The monoisotopic (exact) mass is 226 g/mol. The van der Waals surface area contributed by atoms with Crippen molar-refractivity contribution >= 4 is 21.7 Å². The molecule has 0 saturated heterocycles. The van der Waals surface area contributed by atoms with E-state index >= 15 is 0 Å². The molecule has 12 heavy (non-hydrogen) atoms. The van der Waals surface area contributed by atoms with Gasteiger partial charge in [0.15, 0.2) is 0 Å². The van der Waals surface area contributed by atoms with Gasteiger partial charge in [-0.2, -0.15) is 0 Å². The van der Waals surface area contributed by atoms with Crippen molar-refractivity contribution in [1.29, 1.82) is 0 Å². The molecule has 0 atom stereocenters. The van der Waals surface area contributed by atoms with Crippen LogP contribution in [0.3, 0.4) is 0 Å². The highest BCUT2D eigenvalue weighted by Gasteiger charge is 2.02. The van der Waals surface area contributed by atoms with Crippen LogP contribution >= 0.6 is 15.9 Å². The van der Waals surface area contributed by atoms with Crippen molar-refractivity contribution in [3.8, 4) is 0 Å². The summed E-state index contributed by atoms with van der Waals surface area (Å²) in [4.78, 5) is 10.9. The number of hydrogen-bond acceptors (Lipinski definition) is 1. The number of benzene rings is 1. The zero-order valence-electron chi connectivity index (χ0n) is 7.23. The minimum absolute atomic E-state index is 0.196. The van der Waals surface area contributed by atoms with Gasteiger partial charge in [0, 0.05) is 10.9 Å². The molecule has 0 radical (unpaired) electrons. The van der Waals surface area contributed by atoms with Gasteiger partial charge in [-0.1, -0.05) is 33.6 Å². The Kier molecular flexibility index (Phi) is 3.04. The summed E-state index contributed by atoms with van der Waals surface area (Å²) in [7, 11) is 0. The van der Waals surface area contributed by atoms with E-state index in [2.05, 4.69) is 15.9 Å². The van der Waals surface area contributed by atoms with Crippen molar-refractivity contribution in [2.45, 2.75) is 20.3 Å². The van der Waals surface area contributed by atoms with E-state index in [4.69, 9.17) is 0 Å². The van der Waals surface area contributed by atoms with Crippen LogP contribution in [0.5, 0.6) is 0 Å². The average Bonchev–Trinajstić information content (AvgIpc) is 1.96. The summed E-state index contributed by atoms with van der Waals surface area (Å²) in [6.07, 6.45) is 0.516.